The van der Waals surface area contributed by atoms with Crippen LogP contribution in [0.15, 0.2) is 0 Å². The topological polar surface area (TPSA) is 26.3 Å². The zero-order chi connectivity index (χ0) is 18.4. The van der Waals surface area contributed by atoms with Crippen molar-refractivity contribution in [3.05, 3.63) is 0 Å². The number of hydrogen-bond acceptors (Lipinski definition) is 2. The van der Waals surface area contributed by atoms with Crippen LogP contribution in [-0.2, 0) is 9.53 Å². The maximum absolute atomic E-state index is 12.9. The minimum absolute atomic E-state index is 0.0680. The van der Waals surface area contributed by atoms with E-state index in [2.05, 4.69) is 41.5 Å². The Kier molecular flexibility index (Phi) is 5.57. The van der Waals surface area contributed by atoms with Crippen molar-refractivity contribution in [2.75, 3.05) is 0 Å². The third kappa shape index (κ3) is 3.16. The Morgan fingerprint density at radius 3 is 2.16 bits per heavy atom. The first-order valence-electron chi connectivity index (χ1n) is 11.1. The summed E-state index contributed by atoms with van der Waals surface area (Å²) in [6.07, 6.45) is 8.61. The first-order valence-corrected chi connectivity index (χ1v) is 11.1. The Morgan fingerprint density at radius 2 is 1.60 bits per heavy atom. The van der Waals surface area contributed by atoms with Gasteiger partial charge in [-0.3, -0.25) is 4.79 Å². The summed E-state index contributed by atoms with van der Waals surface area (Å²) >= 11 is 0. The van der Waals surface area contributed by atoms with Gasteiger partial charge in [0.25, 0.3) is 0 Å². The summed E-state index contributed by atoms with van der Waals surface area (Å²) in [4.78, 5) is 12.9. The van der Waals surface area contributed by atoms with Crippen molar-refractivity contribution in [2.45, 2.75) is 92.1 Å². The van der Waals surface area contributed by atoms with Crippen LogP contribution in [0.5, 0.6) is 0 Å². The first-order chi connectivity index (χ1) is 11.9. The molecule has 25 heavy (non-hydrogen) atoms. The second kappa shape index (κ2) is 7.24. The fourth-order valence-electron chi connectivity index (χ4n) is 6.93. The number of hydrogen-bond donors (Lipinski definition) is 0. The van der Waals surface area contributed by atoms with Crippen molar-refractivity contribution >= 4 is 5.97 Å². The highest BCUT2D eigenvalue weighted by molar-refractivity contribution is 5.73. The van der Waals surface area contributed by atoms with E-state index in [4.69, 9.17) is 4.74 Å². The largest absolute Gasteiger partial charge is 0.459 e. The summed E-state index contributed by atoms with van der Waals surface area (Å²) in [7, 11) is 0. The van der Waals surface area contributed by atoms with Crippen molar-refractivity contribution in [1.29, 1.82) is 0 Å². The van der Waals surface area contributed by atoms with Crippen LogP contribution in [0.25, 0.3) is 0 Å². The van der Waals surface area contributed by atoms with Gasteiger partial charge < -0.3 is 4.74 Å². The summed E-state index contributed by atoms with van der Waals surface area (Å²) in [6.45, 7) is 13.3. The molecule has 3 saturated carbocycles. The Labute approximate surface area is 155 Å². The Hall–Kier alpha value is -0.530. The van der Waals surface area contributed by atoms with E-state index in [-0.39, 0.29) is 17.5 Å². The molecular weight excluding hydrogens is 308 g/mol. The number of carbonyl (C=O) groups excluding carboxylic acids is 1. The van der Waals surface area contributed by atoms with E-state index in [1.807, 2.05) is 0 Å². The lowest BCUT2D eigenvalue weighted by Crippen LogP contribution is -2.39. The highest BCUT2D eigenvalue weighted by Gasteiger charge is 2.60. The van der Waals surface area contributed by atoms with Gasteiger partial charge in [0.2, 0.25) is 0 Å². The van der Waals surface area contributed by atoms with E-state index in [1.54, 1.807) is 0 Å². The van der Waals surface area contributed by atoms with E-state index < -0.39 is 0 Å². The minimum atomic E-state index is -0.280. The molecule has 3 rings (SSSR count). The van der Waals surface area contributed by atoms with Crippen LogP contribution < -0.4 is 0 Å². The number of ether oxygens (including phenoxy) is 1. The van der Waals surface area contributed by atoms with Crippen molar-refractivity contribution in [3.8, 4) is 0 Å². The van der Waals surface area contributed by atoms with Crippen LogP contribution in [0, 0.1) is 47.3 Å². The lowest BCUT2D eigenvalue weighted by Gasteiger charge is -2.38. The van der Waals surface area contributed by atoms with Gasteiger partial charge >= 0.3 is 5.97 Å². The van der Waals surface area contributed by atoms with Gasteiger partial charge in [-0.2, -0.15) is 0 Å². The number of carbonyl (C=O) groups is 1. The van der Waals surface area contributed by atoms with Gasteiger partial charge in [0.1, 0.15) is 5.60 Å². The molecule has 2 bridgehead atoms. The average molecular weight is 349 g/mol. The molecule has 3 fully saturated rings. The fourth-order valence-corrected chi connectivity index (χ4v) is 6.93. The van der Waals surface area contributed by atoms with Crippen LogP contribution in [0.4, 0.5) is 0 Å². The molecule has 3 aliphatic rings. The molecule has 2 nitrogen and oxygen atoms in total. The second-order valence-corrected chi connectivity index (χ2v) is 9.65. The smallest absolute Gasteiger partial charge is 0.309 e. The van der Waals surface area contributed by atoms with Crippen LogP contribution in [0.3, 0.4) is 0 Å². The van der Waals surface area contributed by atoms with Gasteiger partial charge in [0.05, 0.1) is 5.92 Å². The third-order valence-electron chi connectivity index (χ3n) is 8.78. The Bertz CT molecular complexity index is 480. The molecule has 144 valence electrons. The minimum Gasteiger partial charge on any atom is -0.459 e. The molecule has 8 atom stereocenters. The van der Waals surface area contributed by atoms with Crippen molar-refractivity contribution < 1.29 is 9.53 Å². The molecule has 0 amide bonds. The first kappa shape index (κ1) is 19.2. The summed E-state index contributed by atoms with van der Waals surface area (Å²) in [5.74, 6) is 6.12. The molecule has 0 aromatic heterocycles. The van der Waals surface area contributed by atoms with Gasteiger partial charge in [-0.25, -0.2) is 0 Å². The highest BCUT2D eigenvalue weighted by Crippen LogP contribution is 2.66. The molecule has 0 saturated heterocycles. The molecule has 8 unspecified atom stereocenters. The van der Waals surface area contributed by atoms with Crippen LogP contribution in [-0.4, -0.2) is 11.6 Å². The molecule has 0 spiro atoms. The average Bonchev–Trinajstić information content (AvgIpc) is 3.30. The summed E-state index contributed by atoms with van der Waals surface area (Å²) in [5.41, 5.74) is -0.280. The van der Waals surface area contributed by atoms with Crippen LogP contribution >= 0.6 is 0 Å². The maximum atomic E-state index is 12.9. The predicted octanol–water partition coefficient (Wildman–Crippen LogP) is 6.09. The molecular formula is C23H40O2. The van der Waals surface area contributed by atoms with E-state index >= 15 is 0 Å². The molecule has 0 aromatic rings. The third-order valence-corrected chi connectivity index (χ3v) is 8.78. The molecule has 2 heteroatoms. The van der Waals surface area contributed by atoms with E-state index in [0.29, 0.717) is 5.92 Å². The SMILES string of the molecule is CCC1CC(CC)C2C3CC(CC3C(C)C(=O)OC(C)(CC)CC)C12. The predicted molar refractivity (Wildman–Crippen MR) is 103 cm³/mol. The van der Waals surface area contributed by atoms with Gasteiger partial charge in [-0.1, -0.05) is 47.5 Å². The normalized spacial score (nSPS) is 41.0. The zero-order valence-corrected chi connectivity index (χ0v) is 17.4. The molecule has 0 radical (unpaired) electrons. The number of esters is 1. The van der Waals surface area contributed by atoms with Gasteiger partial charge in [-0.05, 0) is 80.5 Å². The monoisotopic (exact) mass is 348 g/mol. The number of fused-ring (bicyclic) bond motifs is 5. The molecule has 0 aliphatic heterocycles. The standard InChI is InChI=1S/C23H40O2/c1-7-15-11-16(8-2)21-19-13-17(20(15)21)12-18(19)14(5)22(24)25-23(6,9-3)10-4/h14-21H,7-13H2,1-6H3. The van der Waals surface area contributed by atoms with E-state index in [0.717, 1.165) is 48.3 Å². The summed E-state index contributed by atoms with van der Waals surface area (Å²) in [6, 6.07) is 0. The van der Waals surface area contributed by atoms with Crippen molar-refractivity contribution in [3.63, 3.8) is 0 Å². The lowest BCUT2D eigenvalue weighted by molar-refractivity contribution is -0.166. The zero-order valence-electron chi connectivity index (χ0n) is 17.4. The Balaban J connectivity index is 1.70. The quantitative estimate of drug-likeness (QED) is 0.520. The lowest BCUT2D eigenvalue weighted by atomic mass is 9.67. The van der Waals surface area contributed by atoms with Gasteiger partial charge in [0.15, 0.2) is 0 Å². The summed E-state index contributed by atoms with van der Waals surface area (Å²) in [5, 5.41) is 0. The molecule has 0 aromatic carbocycles. The van der Waals surface area contributed by atoms with Gasteiger partial charge in [-0.15, -0.1) is 0 Å². The van der Waals surface area contributed by atoms with Crippen molar-refractivity contribution in [1.82, 2.24) is 0 Å². The number of rotatable bonds is 7. The second-order valence-electron chi connectivity index (χ2n) is 9.65. The highest BCUT2D eigenvalue weighted by atomic mass is 16.6. The Morgan fingerprint density at radius 1 is 1.00 bits per heavy atom. The van der Waals surface area contributed by atoms with Crippen LogP contribution in [0.2, 0.25) is 0 Å². The van der Waals surface area contributed by atoms with E-state index in [9.17, 15) is 4.79 Å². The van der Waals surface area contributed by atoms with E-state index in [1.165, 1.54) is 32.1 Å². The molecule has 3 aliphatic carbocycles. The van der Waals surface area contributed by atoms with Crippen LogP contribution in [0.1, 0.15) is 86.5 Å². The maximum Gasteiger partial charge on any atom is 0.309 e. The molecule has 0 heterocycles. The van der Waals surface area contributed by atoms with Crippen molar-refractivity contribution in [2.24, 2.45) is 47.3 Å². The fraction of sp³-hybridized carbons (Fsp3) is 0.957. The summed E-state index contributed by atoms with van der Waals surface area (Å²) < 4.78 is 5.99. The van der Waals surface area contributed by atoms with Gasteiger partial charge in [0, 0.05) is 0 Å². The molecule has 0 N–H and O–H groups in total.